The lowest BCUT2D eigenvalue weighted by atomic mass is 9.98. The highest BCUT2D eigenvalue weighted by Crippen LogP contribution is 2.35. The molecule has 1 aromatic rings. The fourth-order valence-corrected chi connectivity index (χ4v) is 1.49. The smallest absolute Gasteiger partial charge is 0.417 e. The predicted octanol–water partition coefficient (Wildman–Crippen LogP) is 2.67. The van der Waals surface area contributed by atoms with Gasteiger partial charge in [-0.2, -0.15) is 18.4 Å². The summed E-state index contributed by atoms with van der Waals surface area (Å²) in [5, 5.41) is 8.68. The van der Waals surface area contributed by atoms with Crippen LogP contribution in [0.5, 0.6) is 0 Å². The normalized spacial score (nSPS) is 10.8. The van der Waals surface area contributed by atoms with Gasteiger partial charge in [0, 0.05) is 0 Å². The number of carbonyl (C=O) groups is 1. The molecule has 0 N–H and O–H groups in total. The summed E-state index contributed by atoms with van der Waals surface area (Å²) in [4.78, 5) is 11.2. The second kappa shape index (κ2) is 4.45. The van der Waals surface area contributed by atoms with Crippen LogP contribution in [0.2, 0.25) is 0 Å². The summed E-state index contributed by atoms with van der Waals surface area (Å²) in [6, 6.07) is 3.36. The number of alkyl halides is 3. The highest BCUT2D eigenvalue weighted by Gasteiger charge is 2.36. The molecule has 0 saturated carbocycles. The Labute approximate surface area is 95.4 Å². The summed E-state index contributed by atoms with van der Waals surface area (Å²) >= 11 is 0. The summed E-state index contributed by atoms with van der Waals surface area (Å²) < 4.78 is 42.3. The molecule has 0 fully saturated rings. The van der Waals surface area contributed by atoms with Crippen LogP contribution in [0.4, 0.5) is 13.2 Å². The molecule has 0 amide bonds. The first-order chi connectivity index (χ1) is 7.81. The van der Waals surface area contributed by atoms with Gasteiger partial charge in [-0.1, -0.05) is 0 Å². The van der Waals surface area contributed by atoms with Crippen molar-refractivity contribution in [3.8, 4) is 6.07 Å². The molecular weight excluding hydrogens is 235 g/mol. The largest absolute Gasteiger partial charge is 0.465 e. The number of methoxy groups -OCH3 is 1. The molecule has 90 valence electrons. The fraction of sp³-hybridized carbons (Fsp3) is 0.273. The van der Waals surface area contributed by atoms with Crippen molar-refractivity contribution in [3.05, 3.63) is 34.4 Å². The Bertz CT molecular complexity index is 501. The van der Waals surface area contributed by atoms with E-state index in [1.165, 1.54) is 13.0 Å². The van der Waals surface area contributed by atoms with Crippen LogP contribution in [0.25, 0.3) is 0 Å². The van der Waals surface area contributed by atoms with Gasteiger partial charge >= 0.3 is 12.1 Å². The van der Waals surface area contributed by atoms with Crippen LogP contribution in [-0.2, 0) is 10.9 Å². The van der Waals surface area contributed by atoms with Gasteiger partial charge in [-0.05, 0) is 24.6 Å². The van der Waals surface area contributed by atoms with Crippen LogP contribution in [0, 0.1) is 18.3 Å². The Hall–Kier alpha value is -2.03. The van der Waals surface area contributed by atoms with Crippen molar-refractivity contribution < 1.29 is 22.7 Å². The number of halogens is 3. The summed E-state index contributed by atoms with van der Waals surface area (Å²) in [7, 11) is 1.11. The molecule has 0 aliphatic rings. The number of nitriles is 1. The SMILES string of the molecule is COC(=O)c1cc(C)c(C(F)(F)F)c(C#N)c1. The molecule has 0 radical (unpaired) electrons. The lowest BCUT2D eigenvalue weighted by Gasteiger charge is -2.13. The Kier molecular flexibility index (Phi) is 3.42. The predicted molar refractivity (Wildman–Crippen MR) is 52.2 cm³/mol. The molecule has 0 aliphatic heterocycles. The van der Waals surface area contributed by atoms with E-state index in [9.17, 15) is 18.0 Å². The number of rotatable bonds is 1. The first-order valence-corrected chi connectivity index (χ1v) is 4.51. The maximum atomic E-state index is 12.6. The number of aryl methyl sites for hydroxylation is 1. The molecule has 3 nitrogen and oxygen atoms in total. The topological polar surface area (TPSA) is 50.1 Å². The third kappa shape index (κ3) is 2.56. The lowest BCUT2D eigenvalue weighted by Crippen LogP contribution is -2.12. The van der Waals surface area contributed by atoms with Gasteiger partial charge in [0.2, 0.25) is 0 Å². The molecule has 0 spiro atoms. The van der Waals surface area contributed by atoms with Crippen molar-refractivity contribution in [1.82, 2.24) is 0 Å². The summed E-state index contributed by atoms with van der Waals surface area (Å²) in [6.45, 7) is 1.19. The van der Waals surface area contributed by atoms with E-state index in [4.69, 9.17) is 5.26 Å². The molecule has 0 aliphatic carbocycles. The van der Waals surface area contributed by atoms with E-state index in [1.807, 2.05) is 0 Å². The van der Waals surface area contributed by atoms with Crippen molar-refractivity contribution >= 4 is 5.97 Å². The minimum atomic E-state index is -4.62. The van der Waals surface area contributed by atoms with Crippen LogP contribution in [-0.4, -0.2) is 13.1 Å². The van der Waals surface area contributed by atoms with Crippen molar-refractivity contribution in [2.45, 2.75) is 13.1 Å². The van der Waals surface area contributed by atoms with E-state index >= 15 is 0 Å². The van der Waals surface area contributed by atoms with E-state index in [0.717, 1.165) is 19.2 Å². The zero-order valence-electron chi connectivity index (χ0n) is 9.05. The minimum Gasteiger partial charge on any atom is -0.465 e. The van der Waals surface area contributed by atoms with Crippen LogP contribution >= 0.6 is 0 Å². The second-order valence-electron chi connectivity index (χ2n) is 3.32. The van der Waals surface area contributed by atoms with Gasteiger partial charge in [-0.25, -0.2) is 4.79 Å². The number of hydrogen-bond acceptors (Lipinski definition) is 3. The van der Waals surface area contributed by atoms with E-state index in [1.54, 1.807) is 0 Å². The number of esters is 1. The van der Waals surface area contributed by atoms with Gasteiger partial charge in [-0.3, -0.25) is 0 Å². The van der Waals surface area contributed by atoms with Crippen LogP contribution in [0.15, 0.2) is 12.1 Å². The molecule has 0 saturated heterocycles. The molecule has 0 unspecified atom stereocenters. The lowest BCUT2D eigenvalue weighted by molar-refractivity contribution is -0.138. The number of benzene rings is 1. The molecule has 6 heteroatoms. The number of ether oxygens (including phenoxy) is 1. The average Bonchev–Trinajstić information content (AvgIpc) is 2.24. The third-order valence-electron chi connectivity index (χ3n) is 2.16. The Morgan fingerprint density at radius 1 is 1.41 bits per heavy atom. The standard InChI is InChI=1S/C11H8F3NO2/c1-6-3-7(10(16)17-2)4-8(5-15)9(6)11(12,13)14/h3-4H,1-2H3. The van der Waals surface area contributed by atoms with E-state index in [2.05, 4.69) is 4.74 Å². The van der Waals surface area contributed by atoms with Crippen molar-refractivity contribution in [1.29, 1.82) is 5.26 Å². The Morgan fingerprint density at radius 3 is 2.41 bits per heavy atom. The van der Waals surface area contributed by atoms with Gasteiger partial charge in [0.15, 0.2) is 0 Å². The maximum absolute atomic E-state index is 12.6. The number of nitrogens with zero attached hydrogens (tertiary/aromatic N) is 1. The van der Waals surface area contributed by atoms with Gasteiger partial charge < -0.3 is 4.74 Å². The molecule has 0 bridgehead atoms. The average molecular weight is 243 g/mol. The zero-order chi connectivity index (χ0) is 13.2. The molecule has 1 aromatic carbocycles. The van der Waals surface area contributed by atoms with Gasteiger partial charge in [0.25, 0.3) is 0 Å². The fourth-order valence-electron chi connectivity index (χ4n) is 1.49. The van der Waals surface area contributed by atoms with Gasteiger partial charge in [0.1, 0.15) is 0 Å². The van der Waals surface area contributed by atoms with E-state index in [0.29, 0.717) is 0 Å². The Morgan fingerprint density at radius 2 is 2.00 bits per heavy atom. The number of hydrogen-bond donors (Lipinski definition) is 0. The zero-order valence-corrected chi connectivity index (χ0v) is 9.05. The molecule has 0 atom stereocenters. The third-order valence-corrected chi connectivity index (χ3v) is 2.16. The van der Waals surface area contributed by atoms with Crippen LogP contribution in [0.3, 0.4) is 0 Å². The molecule has 1 rings (SSSR count). The van der Waals surface area contributed by atoms with E-state index in [-0.39, 0.29) is 11.1 Å². The van der Waals surface area contributed by atoms with Crippen LogP contribution < -0.4 is 0 Å². The maximum Gasteiger partial charge on any atom is 0.417 e. The molecule has 0 heterocycles. The monoisotopic (exact) mass is 243 g/mol. The second-order valence-corrected chi connectivity index (χ2v) is 3.32. The van der Waals surface area contributed by atoms with Crippen LogP contribution in [0.1, 0.15) is 27.0 Å². The molecule has 17 heavy (non-hydrogen) atoms. The summed E-state index contributed by atoms with van der Waals surface area (Å²) in [5.41, 5.74) is -1.86. The molecule has 0 aromatic heterocycles. The minimum absolute atomic E-state index is 0.0745. The van der Waals surface area contributed by atoms with E-state index < -0.39 is 23.3 Å². The first kappa shape index (κ1) is 13.0. The summed E-state index contributed by atoms with van der Waals surface area (Å²) in [5.74, 6) is -0.779. The Balaban J connectivity index is 3.48. The highest BCUT2D eigenvalue weighted by molar-refractivity contribution is 5.90. The first-order valence-electron chi connectivity index (χ1n) is 4.51. The van der Waals surface area contributed by atoms with Gasteiger partial charge in [-0.15, -0.1) is 0 Å². The highest BCUT2D eigenvalue weighted by atomic mass is 19.4. The summed E-state index contributed by atoms with van der Waals surface area (Å²) in [6.07, 6.45) is -4.62. The van der Waals surface area contributed by atoms with Crippen molar-refractivity contribution in [3.63, 3.8) is 0 Å². The number of carbonyl (C=O) groups excluding carboxylic acids is 1. The van der Waals surface area contributed by atoms with Crippen molar-refractivity contribution in [2.75, 3.05) is 7.11 Å². The van der Waals surface area contributed by atoms with Gasteiger partial charge in [0.05, 0.1) is 29.9 Å². The quantitative estimate of drug-likeness (QED) is 0.712. The van der Waals surface area contributed by atoms with Crippen molar-refractivity contribution in [2.24, 2.45) is 0 Å². The molecular formula is C11H8F3NO2.